The lowest BCUT2D eigenvalue weighted by Gasteiger charge is -2.29. The largest absolute Gasteiger partial charge is 0.365 e. The highest BCUT2D eigenvalue weighted by molar-refractivity contribution is 5.99. The first-order valence-corrected chi connectivity index (χ1v) is 21.9. The molecule has 0 radical (unpaired) electrons. The summed E-state index contributed by atoms with van der Waals surface area (Å²) in [4.78, 5) is 43.2. The summed E-state index contributed by atoms with van der Waals surface area (Å²) < 4.78 is 1.76. The molecule has 4 heterocycles. The molecule has 4 atom stereocenters. The Kier molecular flexibility index (Phi) is 13.8. The van der Waals surface area contributed by atoms with E-state index in [9.17, 15) is 9.59 Å². The second-order valence-electron chi connectivity index (χ2n) is 16.4. The molecule has 0 bridgehead atoms. The minimum absolute atomic E-state index is 0. The minimum atomic E-state index is -0.616. The minimum Gasteiger partial charge on any atom is -0.365 e. The monoisotopic (exact) mass is 902 g/mol. The van der Waals surface area contributed by atoms with Crippen molar-refractivity contribution in [3.05, 3.63) is 121 Å². The summed E-state index contributed by atoms with van der Waals surface area (Å²) in [6.45, 7) is 0. The van der Waals surface area contributed by atoms with E-state index in [1.807, 2.05) is 97.1 Å². The van der Waals surface area contributed by atoms with E-state index in [-0.39, 0.29) is 42.7 Å². The lowest BCUT2D eigenvalue weighted by Crippen LogP contribution is -2.43. The lowest BCUT2D eigenvalue weighted by atomic mass is 9.91. The number of fused-ring (bicyclic) bond motifs is 2. The van der Waals surface area contributed by atoms with E-state index < -0.39 is 11.8 Å². The molecular weight excluding hydrogens is 849 g/mol. The van der Waals surface area contributed by atoms with E-state index in [1.165, 1.54) is 12.4 Å². The number of hydrogen-bond donors (Lipinski definition) is 8. The zero-order chi connectivity index (χ0) is 45.6. The van der Waals surface area contributed by atoms with Crippen molar-refractivity contribution in [2.24, 2.45) is 22.9 Å². The summed E-state index contributed by atoms with van der Waals surface area (Å²) in [5, 5.41) is 30.5. The number of nitrogens with one attached hydrogen (secondary N) is 4. The van der Waals surface area contributed by atoms with Crippen LogP contribution in [-0.4, -0.2) is 85.9 Å². The highest BCUT2D eigenvalue weighted by Crippen LogP contribution is 2.27. The number of para-hydroxylation sites is 1. The number of carbonyl (C=O) groups excluding carboxylic acids is 2. The molecule has 67 heavy (non-hydrogen) atoms. The molecule has 2 aliphatic carbocycles. The number of anilines is 6. The zero-order valence-corrected chi connectivity index (χ0v) is 36.0. The van der Waals surface area contributed by atoms with Gasteiger partial charge in [-0.2, -0.15) is 14.8 Å². The van der Waals surface area contributed by atoms with Crippen LogP contribution in [0.25, 0.3) is 33.4 Å². The van der Waals surface area contributed by atoms with E-state index in [0.717, 1.165) is 84.8 Å². The number of nitrogens with zero attached hydrogens (tertiary/aromatic N) is 10. The fourth-order valence-corrected chi connectivity index (χ4v) is 8.19. The van der Waals surface area contributed by atoms with Gasteiger partial charge in [-0.1, -0.05) is 74.7 Å². The van der Waals surface area contributed by atoms with E-state index in [2.05, 4.69) is 61.7 Å². The van der Waals surface area contributed by atoms with Crippen LogP contribution >= 0.6 is 0 Å². The summed E-state index contributed by atoms with van der Waals surface area (Å²) in [7, 11) is 0. The normalized spacial score (nSPS) is 17.9. The van der Waals surface area contributed by atoms with Crippen LogP contribution < -0.4 is 44.2 Å². The molecule has 4 aromatic carbocycles. The maximum Gasteiger partial charge on any atom is 0.254 e. The number of hydrogen-bond acceptors (Lipinski definition) is 16. The predicted octanol–water partition coefficient (Wildman–Crippen LogP) is 6.11. The Labute approximate surface area is 386 Å². The van der Waals surface area contributed by atoms with Crippen molar-refractivity contribution in [1.82, 2.24) is 49.9 Å². The van der Waals surface area contributed by atoms with Crippen LogP contribution in [-0.2, 0) is 0 Å². The summed E-state index contributed by atoms with van der Waals surface area (Å²) >= 11 is 0. The zero-order valence-electron chi connectivity index (χ0n) is 36.0. The molecule has 0 aliphatic heterocycles. The summed E-state index contributed by atoms with van der Waals surface area (Å²) in [5.74, 6) is 0.223. The van der Waals surface area contributed by atoms with Crippen molar-refractivity contribution in [2.75, 3.05) is 21.3 Å². The van der Waals surface area contributed by atoms with Crippen molar-refractivity contribution < 1.29 is 9.59 Å². The van der Waals surface area contributed by atoms with Gasteiger partial charge >= 0.3 is 0 Å². The van der Waals surface area contributed by atoms with Gasteiger partial charge in [-0.05, 0) is 86.3 Å². The molecule has 0 unspecified atom stereocenters. The lowest BCUT2D eigenvalue weighted by molar-refractivity contribution is 0.0992. The Hall–Kier alpha value is -8.10. The smallest absolute Gasteiger partial charge is 0.254 e. The van der Waals surface area contributed by atoms with Gasteiger partial charge in [-0.15, -0.1) is 15.3 Å². The Balaban J connectivity index is 0.000000179. The van der Waals surface area contributed by atoms with E-state index in [0.29, 0.717) is 34.9 Å². The molecule has 0 spiro atoms. The van der Waals surface area contributed by atoms with Gasteiger partial charge in [0.05, 0.1) is 16.9 Å². The molecule has 2 saturated carbocycles. The second kappa shape index (κ2) is 20.4. The number of nitrogens with two attached hydrogens (primary N) is 4. The van der Waals surface area contributed by atoms with Gasteiger partial charge in [0.1, 0.15) is 39.3 Å². The Morgan fingerprint density at radius 2 is 1.06 bits per heavy atom. The van der Waals surface area contributed by atoms with Gasteiger partial charge in [0, 0.05) is 47.9 Å². The SMILES string of the molecule is C.NC(=O)c1cnc(N[C@@H]2CCCC[C@@H]2N)nc1Nc1cccc(-n2nc3ccccc3n2)c1.NC(=O)c1cnc(N[C@@H]2CCCC[C@@H]2N)nc1Nc1cccc(-n2nnc3ccccc32)c1. The van der Waals surface area contributed by atoms with Crippen LogP contribution in [0, 0.1) is 0 Å². The number of primary amides is 2. The number of carbonyl (C=O) groups is 2. The second-order valence-corrected chi connectivity index (χ2v) is 16.4. The third-order valence-corrected chi connectivity index (χ3v) is 11.7. The third kappa shape index (κ3) is 10.6. The van der Waals surface area contributed by atoms with Crippen LogP contribution in [0.15, 0.2) is 109 Å². The summed E-state index contributed by atoms with van der Waals surface area (Å²) in [6, 6.07) is 30.8. The van der Waals surface area contributed by atoms with Gasteiger partial charge in [-0.25, -0.2) is 14.6 Å². The molecule has 2 amide bonds. The molecule has 2 aliphatic rings. The molecule has 344 valence electrons. The molecule has 12 N–H and O–H groups in total. The maximum atomic E-state index is 12.0. The van der Waals surface area contributed by atoms with Gasteiger partial charge in [-0.3, -0.25) is 9.59 Å². The highest BCUT2D eigenvalue weighted by Gasteiger charge is 2.25. The average Bonchev–Trinajstić information content (AvgIpc) is 3.97. The number of benzene rings is 4. The standard InChI is InChI=1S/2C23H25N9O.CH4/c24-17-8-1-2-9-18(17)28-23-26-13-16(21(25)33)22(29-23)27-14-6-5-7-15(12-14)32-20-11-4-3-10-19(20)30-31-32;24-17-8-1-2-9-18(17)28-23-26-13-16(21(25)33)22(29-23)27-14-6-5-7-15(12-14)32-30-19-10-3-4-11-20(19)31-32;/h2*3-7,10-13,17-18H,1-2,8-9,24H2,(H2,25,33)(H2,26,27,28,29);1H4/t2*17-,18+;/m00./s1. The van der Waals surface area contributed by atoms with E-state index >= 15 is 0 Å². The highest BCUT2D eigenvalue weighted by atomic mass is 16.1. The van der Waals surface area contributed by atoms with Gasteiger partial charge in [0.25, 0.3) is 11.8 Å². The average molecular weight is 903 g/mol. The molecule has 2 fully saturated rings. The first kappa shape index (κ1) is 45.5. The van der Waals surface area contributed by atoms with Crippen molar-refractivity contribution in [1.29, 1.82) is 0 Å². The van der Waals surface area contributed by atoms with Crippen molar-refractivity contribution >= 4 is 68.8 Å². The van der Waals surface area contributed by atoms with Gasteiger partial charge in [0.15, 0.2) is 0 Å². The van der Waals surface area contributed by atoms with E-state index in [1.54, 1.807) is 9.48 Å². The number of rotatable bonds is 12. The number of aromatic nitrogens is 10. The van der Waals surface area contributed by atoms with Crippen LogP contribution in [0.5, 0.6) is 0 Å². The van der Waals surface area contributed by atoms with Gasteiger partial charge < -0.3 is 44.2 Å². The number of amides is 2. The maximum absolute atomic E-state index is 12.0. The Morgan fingerprint density at radius 1 is 0.582 bits per heavy atom. The Bertz CT molecular complexity index is 2970. The Morgan fingerprint density at radius 3 is 1.58 bits per heavy atom. The fourth-order valence-electron chi connectivity index (χ4n) is 8.19. The molecule has 8 aromatic rings. The van der Waals surface area contributed by atoms with Crippen LogP contribution in [0.4, 0.5) is 34.9 Å². The fraction of sp³-hybridized carbons (Fsp3) is 0.277. The first-order valence-electron chi connectivity index (χ1n) is 21.9. The van der Waals surface area contributed by atoms with Crippen molar-refractivity contribution in [3.63, 3.8) is 0 Å². The van der Waals surface area contributed by atoms with Gasteiger partial charge in [0.2, 0.25) is 11.9 Å². The molecule has 4 aromatic heterocycles. The third-order valence-electron chi connectivity index (χ3n) is 11.7. The molecule has 10 rings (SSSR count). The first-order chi connectivity index (χ1) is 32.1. The van der Waals surface area contributed by atoms with Crippen molar-refractivity contribution in [2.45, 2.75) is 83.0 Å². The summed E-state index contributed by atoms with van der Waals surface area (Å²) in [6.07, 6.45) is 11.2. The molecular formula is C47H54N18O2. The predicted molar refractivity (Wildman–Crippen MR) is 260 cm³/mol. The van der Waals surface area contributed by atoms with E-state index in [4.69, 9.17) is 22.9 Å². The van der Waals surface area contributed by atoms with Crippen LogP contribution in [0.3, 0.4) is 0 Å². The quantitative estimate of drug-likeness (QED) is 0.0686. The van der Waals surface area contributed by atoms with Crippen LogP contribution in [0.1, 0.15) is 79.5 Å². The molecule has 0 saturated heterocycles. The summed E-state index contributed by atoms with van der Waals surface area (Å²) in [5.41, 5.74) is 30.3. The molecule has 20 nitrogen and oxygen atoms in total. The molecule has 20 heteroatoms. The topological polar surface area (TPSA) is 299 Å². The van der Waals surface area contributed by atoms with Crippen LogP contribution in [0.2, 0.25) is 0 Å². The van der Waals surface area contributed by atoms with Crippen molar-refractivity contribution in [3.8, 4) is 11.4 Å².